The molecule has 64 valence electrons. The molecule has 0 unspecified atom stereocenters. The number of para-hydroxylation sites is 1. The van der Waals surface area contributed by atoms with E-state index in [0.29, 0.717) is 5.92 Å². The van der Waals surface area contributed by atoms with E-state index in [2.05, 4.69) is 18.3 Å². The highest BCUT2D eigenvalue weighted by molar-refractivity contribution is 5.73. The van der Waals surface area contributed by atoms with Crippen LogP contribution in [-0.4, -0.2) is 6.54 Å². The van der Waals surface area contributed by atoms with E-state index in [-0.39, 0.29) is 0 Å². The molecule has 0 radical (unpaired) electrons. The molecule has 1 atom stereocenters. The summed E-state index contributed by atoms with van der Waals surface area (Å²) in [6.45, 7) is 3.25. The summed E-state index contributed by atoms with van der Waals surface area (Å²) in [5.74, 6) is 0.656. The zero-order valence-electron chi connectivity index (χ0n) is 7.30. The number of anilines is 2. The molecule has 0 saturated carbocycles. The van der Waals surface area contributed by atoms with Gasteiger partial charge in [0.05, 0.1) is 11.4 Å². The monoisotopic (exact) mass is 162 g/mol. The van der Waals surface area contributed by atoms with E-state index in [4.69, 9.17) is 5.73 Å². The number of nitrogens with one attached hydrogen (secondary N) is 1. The van der Waals surface area contributed by atoms with Gasteiger partial charge in [-0.25, -0.2) is 0 Å². The summed E-state index contributed by atoms with van der Waals surface area (Å²) < 4.78 is 0. The second-order valence-electron chi connectivity index (χ2n) is 3.30. The van der Waals surface area contributed by atoms with Crippen LogP contribution < -0.4 is 11.1 Å². The zero-order valence-corrected chi connectivity index (χ0v) is 7.30. The minimum Gasteiger partial charge on any atom is -0.397 e. The van der Waals surface area contributed by atoms with Crippen LogP contribution >= 0.6 is 0 Å². The number of benzene rings is 1. The van der Waals surface area contributed by atoms with Crippen molar-refractivity contribution in [3.05, 3.63) is 23.8 Å². The molecule has 0 aromatic heterocycles. The third kappa shape index (κ3) is 0.951. The van der Waals surface area contributed by atoms with E-state index in [1.165, 1.54) is 12.0 Å². The van der Waals surface area contributed by atoms with Crippen molar-refractivity contribution in [2.24, 2.45) is 0 Å². The first-order valence-corrected chi connectivity index (χ1v) is 4.45. The van der Waals surface area contributed by atoms with Gasteiger partial charge in [0, 0.05) is 12.5 Å². The minimum atomic E-state index is 0.656. The van der Waals surface area contributed by atoms with E-state index < -0.39 is 0 Å². The van der Waals surface area contributed by atoms with Gasteiger partial charge in [-0.2, -0.15) is 0 Å². The number of rotatable bonds is 1. The highest BCUT2D eigenvalue weighted by Crippen LogP contribution is 2.36. The predicted molar refractivity (Wildman–Crippen MR) is 52.4 cm³/mol. The van der Waals surface area contributed by atoms with Crippen LogP contribution in [0.5, 0.6) is 0 Å². The Balaban J connectivity index is 2.46. The number of fused-ring (bicyclic) bond motifs is 1. The van der Waals surface area contributed by atoms with Crippen LogP contribution in [0.2, 0.25) is 0 Å². The van der Waals surface area contributed by atoms with Crippen molar-refractivity contribution < 1.29 is 0 Å². The average molecular weight is 162 g/mol. The van der Waals surface area contributed by atoms with Crippen LogP contribution in [0.3, 0.4) is 0 Å². The van der Waals surface area contributed by atoms with Gasteiger partial charge in [-0.1, -0.05) is 19.1 Å². The molecule has 0 aliphatic carbocycles. The fraction of sp³-hybridized carbons (Fsp3) is 0.400. The third-order valence-electron chi connectivity index (χ3n) is 2.59. The van der Waals surface area contributed by atoms with Gasteiger partial charge >= 0.3 is 0 Å². The van der Waals surface area contributed by atoms with Crippen molar-refractivity contribution >= 4 is 11.4 Å². The molecule has 1 heterocycles. The lowest BCUT2D eigenvalue weighted by molar-refractivity contribution is 0.727. The maximum atomic E-state index is 5.83. The highest BCUT2D eigenvalue weighted by Gasteiger charge is 2.21. The van der Waals surface area contributed by atoms with E-state index in [1.54, 1.807) is 0 Å². The van der Waals surface area contributed by atoms with E-state index in [9.17, 15) is 0 Å². The molecule has 1 aliphatic rings. The molecule has 1 aromatic rings. The normalized spacial score (nSPS) is 20.2. The second kappa shape index (κ2) is 2.70. The smallest absolute Gasteiger partial charge is 0.0610 e. The molecule has 1 aromatic carbocycles. The Kier molecular flexibility index (Phi) is 1.68. The molecular formula is C10H14N2. The first kappa shape index (κ1) is 7.47. The molecular weight excluding hydrogens is 148 g/mol. The Hall–Kier alpha value is -1.18. The van der Waals surface area contributed by atoms with Crippen molar-refractivity contribution in [3.63, 3.8) is 0 Å². The van der Waals surface area contributed by atoms with Gasteiger partial charge in [0.15, 0.2) is 0 Å². The SMILES string of the molecule is CC[C@H]1CNc2c(N)cccc21. The fourth-order valence-corrected chi connectivity index (χ4v) is 1.83. The number of nitrogen functional groups attached to an aromatic ring is 1. The molecule has 0 saturated heterocycles. The fourth-order valence-electron chi connectivity index (χ4n) is 1.83. The van der Waals surface area contributed by atoms with Crippen LogP contribution in [0.15, 0.2) is 18.2 Å². The maximum absolute atomic E-state index is 5.83. The van der Waals surface area contributed by atoms with Gasteiger partial charge in [-0.3, -0.25) is 0 Å². The zero-order chi connectivity index (χ0) is 8.55. The third-order valence-corrected chi connectivity index (χ3v) is 2.59. The van der Waals surface area contributed by atoms with Crippen LogP contribution in [-0.2, 0) is 0 Å². The van der Waals surface area contributed by atoms with Crippen molar-refractivity contribution in [1.82, 2.24) is 0 Å². The van der Waals surface area contributed by atoms with Gasteiger partial charge in [0.25, 0.3) is 0 Å². The summed E-state index contributed by atoms with van der Waals surface area (Å²) in [5.41, 5.74) is 9.25. The number of hydrogen-bond acceptors (Lipinski definition) is 2. The lowest BCUT2D eigenvalue weighted by Crippen LogP contribution is -1.99. The first-order chi connectivity index (χ1) is 5.83. The van der Waals surface area contributed by atoms with Gasteiger partial charge in [0.2, 0.25) is 0 Å². The van der Waals surface area contributed by atoms with E-state index in [0.717, 1.165) is 17.9 Å². The van der Waals surface area contributed by atoms with E-state index >= 15 is 0 Å². The molecule has 2 nitrogen and oxygen atoms in total. The summed E-state index contributed by atoms with van der Waals surface area (Å²) >= 11 is 0. The molecule has 2 rings (SSSR count). The van der Waals surface area contributed by atoms with E-state index in [1.807, 2.05) is 12.1 Å². The molecule has 1 aliphatic heterocycles. The molecule has 0 spiro atoms. The summed E-state index contributed by atoms with van der Waals surface area (Å²) in [6.07, 6.45) is 1.18. The standard InChI is InChI=1S/C10H14N2/c1-2-7-6-12-10-8(7)4-3-5-9(10)11/h3-5,7,12H,2,6,11H2,1H3/t7-/m0/s1. The first-order valence-electron chi connectivity index (χ1n) is 4.45. The van der Waals surface area contributed by atoms with Crippen LogP contribution in [0, 0.1) is 0 Å². The largest absolute Gasteiger partial charge is 0.397 e. The molecule has 0 fully saturated rings. The second-order valence-corrected chi connectivity index (χ2v) is 3.30. The summed E-state index contributed by atoms with van der Waals surface area (Å²) in [5, 5.41) is 3.34. The molecule has 3 N–H and O–H groups in total. The van der Waals surface area contributed by atoms with Crippen LogP contribution in [0.4, 0.5) is 11.4 Å². The van der Waals surface area contributed by atoms with Gasteiger partial charge < -0.3 is 11.1 Å². The predicted octanol–water partition coefficient (Wildman–Crippen LogP) is 2.19. The Morgan fingerprint density at radius 1 is 1.58 bits per heavy atom. The van der Waals surface area contributed by atoms with Gasteiger partial charge in [-0.05, 0) is 18.1 Å². The van der Waals surface area contributed by atoms with Crippen molar-refractivity contribution in [3.8, 4) is 0 Å². The number of hydrogen-bond donors (Lipinski definition) is 2. The van der Waals surface area contributed by atoms with Crippen LogP contribution in [0.25, 0.3) is 0 Å². The molecule has 12 heavy (non-hydrogen) atoms. The lowest BCUT2D eigenvalue weighted by atomic mass is 9.98. The summed E-state index contributed by atoms with van der Waals surface area (Å²) in [6, 6.07) is 6.15. The Labute approximate surface area is 72.8 Å². The summed E-state index contributed by atoms with van der Waals surface area (Å²) in [7, 11) is 0. The molecule has 0 amide bonds. The Bertz CT molecular complexity index is 294. The minimum absolute atomic E-state index is 0.656. The Morgan fingerprint density at radius 3 is 3.17 bits per heavy atom. The topological polar surface area (TPSA) is 38.0 Å². The molecule has 0 bridgehead atoms. The lowest BCUT2D eigenvalue weighted by Gasteiger charge is -2.06. The average Bonchev–Trinajstić information content (AvgIpc) is 2.49. The molecule has 2 heteroatoms. The van der Waals surface area contributed by atoms with Gasteiger partial charge in [-0.15, -0.1) is 0 Å². The Morgan fingerprint density at radius 2 is 2.42 bits per heavy atom. The number of nitrogens with two attached hydrogens (primary N) is 1. The van der Waals surface area contributed by atoms with Crippen molar-refractivity contribution in [2.45, 2.75) is 19.3 Å². The van der Waals surface area contributed by atoms with Crippen LogP contribution in [0.1, 0.15) is 24.8 Å². The quantitative estimate of drug-likeness (QED) is 0.621. The van der Waals surface area contributed by atoms with Gasteiger partial charge in [0.1, 0.15) is 0 Å². The maximum Gasteiger partial charge on any atom is 0.0610 e. The summed E-state index contributed by atoms with van der Waals surface area (Å²) in [4.78, 5) is 0. The van der Waals surface area contributed by atoms with Crippen molar-refractivity contribution in [1.29, 1.82) is 0 Å². The highest BCUT2D eigenvalue weighted by atomic mass is 14.9. The van der Waals surface area contributed by atoms with Crippen molar-refractivity contribution in [2.75, 3.05) is 17.6 Å².